The third-order valence-electron chi connectivity index (χ3n) is 2.73. The lowest BCUT2D eigenvalue weighted by Gasteiger charge is -2.09. The fourth-order valence-corrected chi connectivity index (χ4v) is 4.11. The van der Waals surface area contributed by atoms with Gasteiger partial charge in [-0.25, -0.2) is 8.42 Å². The molecule has 0 radical (unpaired) electrons. The molecule has 0 unspecified atom stereocenters. The normalized spacial score (nSPS) is 10.8. The number of nitrogens with one attached hydrogen (secondary N) is 1. The first-order valence-corrected chi connectivity index (χ1v) is 8.61. The van der Waals surface area contributed by atoms with Crippen molar-refractivity contribution in [3.63, 3.8) is 0 Å². The van der Waals surface area contributed by atoms with Gasteiger partial charge in [0.15, 0.2) is 0 Å². The average Bonchev–Trinajstić information content (AvgIpc) is 2.86. The first kappa shape index (κ1) is 15.6. The van der Waals surface area contributed by atoms with Crippen LogP contribution in [0, 0.1) is 25.7 Å². The van der Waals surface area contributed by atoms with E-state index in [0.29, 0.717) is 15.5 Å². The Kier molecular flexibility index (Phi) is 4.68. The van der Waals surface area contributed by atoms with Gasteiger partial charge in [-0.3, -0.25) is 4.72 Å². The standard InChI is InChI=1S/C15H16N2O2S2/c1-11-5-7-14(13(10-11)4-3-9-16)17-21(18,19)15-8-6-12(2)20-15/h5-8,10,17H,9,16H2,1-2H3. The summed E-state index contributed by atoms with van der Waals surface area (Å²) in [5.41, 5.74) is 7.47. The summed E-state index contributed by atoms with van der Waals surface area (Å²) in [6.07, 6.45) is 0. The van der Waals surface area contributed by atoms with Crippen LogP contribution in [-0.2, 0) is 10.0 Å². The number of anilines is 1. The molecular weight excluding hydrogens is 304 g/mol. The van der Waals surface area contributed by atoms with Gasteiger partial charge in [-0.05, 0) is 43.7 Å². The number of rotatable bonds is 3. The van der Waals surface area contributed by atoms with Crippen molar-refractivity contribution < 1.29 is 8.42 Å². The predicted molar refractivity (Wildman–Crippen MR) is 87.0 cm³/mol. The maximum absolute atomic E-state index is 12.4. The minimum atomic E-state index is -3.58. The molecule has 0 fully saturated rings. The van der Waals surface area contributed by atoms with Crippen LogP contribution in [0.5, 0.6) is 0 Å². The molecule has 0 spiro atoms. The van der Waals surface area contributed by atoms with Crippen molar-refractivity contribution in [2.45, 2.75) is 18.1 Å². The molecule has 0 aliphatic rings. The van der Waals surface area contributed by atoms with Gasteiger partial charge in [0.2, 0.25) is 0 Å². The molecule has 0 aliphatic heterocycles. The van der Waals surface area contributed by atoms with Crippen LogP contribution in [0.4, 0.5) is 5.69 Å². The molecule has 1 heterocycles. The smallest absolute Gasteiger partial charge is 0.271 e. The van der Waals surface area contributed by atoms with Gasteiger partial charge in [0.25, 0.3) is 10.0 Å². The minimum Gasteiger partial charge on any atom is -0.320 e. The molecule has 110 valence electrons. The first-order valence-electron chi connectivity index (χ1n) is 6.31. The lowest BCUT2D eigenvalue weighted by molar-refractivity contribution is 0.603. The molecule has 3 N–H and O–H groups in total. The Morgan fingerprint density at radius 3 is 2.62 bits per heavy atom. The quantitative estimate of drug-likeness (QED) is 0.853. The van der Waals surface area contributed by atoms with E-state index in [-0.39, 0.29) is 6.54 Å². The summed E-state index contributed by atoms with van der Waals surface area (Å²) in [6, 6.07) is 8.77. The van der Waals surface area contributed by atoms with E-state index in [2.05, 4.69) is 16.6 Å². The van der Waals surface area contributed by atoms with Crippen LogP contribution >= 0.6 is 11.3 Å². The highest BCUT2D eigenvalue weighted by molar-refractivity contribution is 7.94. The number of hydrogen-bond acceptors (Lipinski definition) is 4. The van der Waals surface area contributed by atoms with Gasteiger partial charge < -0.3 is 5.73 Å². The number of benzene rings is 1. The van der Waals surface area contributed by atoms with Gasteiger partial charge in [-0.1, -0.05) is 17.9 Å². The van der Waals surface area contributed by atoms with Crippen LogP contribution in [-0.4, -0.2) is 15.0 Å². The molecule has 2 rings (SSSR count). The third kappa shape index (κ3) is 3.85. The van der Waals surface area contributed by atoms with Crippen LogP contribution in [0.15, 0.2) is 34.5 Å². The van der Waals surface area contributed by atoms with E-state index in [4.69, 9.17) is 5.73 Å². The lowest BCUT2D eigenvalue weighted by Crippen LogP contribution is -2.12. The zero-order chi connectivity index (χ0) is 15.5. The van der Waals surface area contributed by atoms with Crippen molar-refractivity contribution in [2.24, 2.45) is 5.73 Å². The molecule has 0 aliphatic carbocycles. The van der Waals surface area contributed by atoms with Crippen molar-refractivity contribution in [1.82, 2.24) is 0 Å². The van der Waals surface area contributed by atoms with E-state index in [1.54, 1.807) is 18.2 Å². The Morgan fingerprint density at radius 1 is 1.24 bits per heavy atom. The second-order valence-corrected chi connectivity index (χ2v) is 7.72. The average molecular weight is 320 g/mol. The fraction of sp³-hybridized carbons (Fsp3) is 0.200. The topological polar surface area (TPSA) is 72.2 Å². The molecule has 6 heteroatoms. The molecule has 21 heavy (non-hydrogen) atoms. The summed E-state index contributed by atoms with van der Waals surface area (Å²) in [5, 5.41) is 0. The van der Waals surface area contributed by atoms with E-state index in [1.165, 1.54) is 11.3 Å². The van der Waals surface area contributed by atoms with E-state index >= 15 is 0 Å². The molecule has 1 aromatic heterocycles. The minimum absolute atomic E-state index is 0.226. The summed E-state index contributed by atoms with van der Waals surface area (Å²) in [4.78, 5) is 0.947. The molecule has 4 nitrogen and oxygen atoms in total. The molecule has 0 atom stereocenters. The first-order chi connectivity index (χ1) is 9.92. The summed E-state index contributed by atoms with van der Waals surface area (Å²) >= 11 is 1.23. The number of thiophene rings is 1. The molecule has 0 bridgehead atoms. The molecule has 0 amide bonds. The van der Waals surface area contributed by atoms with Gasteiger partial charge in [0.05, 0.1) is 12.2 Å². The summed E-state index contributed by atoms with van der Waals surface area (Å²) in [6.45, 7) is 4.02. The Hall–Kier alpha value is -1.81. The zero-order valence-corrected chi connectivity index (χ0v) is 13.4. The zero-order valence-electron chi connectivity index (χ0n) is 11.8. The van der Waals surface area contributed by atoms with Gasteiger partial charge in [0.1, 0.15) is 4.21 Å². The number of aryl methyl sites for hydroxylation is 2. The Balaban J connectivity index is 2.39. The highest BCUT2D eigenvalue weighted by atomic mass is 32.2. The van der Waals surface area contributed by atoms with E-state index < -0.39 is 10.0 Å². The maximum atomic E-state index is 12.4. The third-order valence-corrected chi connectivity index (χ3v) is 5.58. The van der Waals surface area contributed by atoms with Crippen molar-refractivity contribution in [2.75, 3.05) is 11.3 Å². The van der Waals surface area contributed by atoms with Crippen LogP contribution in [0.3, 0.4) is 0 Å². The van der Waals surface area contributed by atoms with Crippen LogP contribution < -0.4 is 10.5 Å². The molecule has 0 saturated carbocycles. The second kappa shape index (κ2) is 6.31. The van der Waals surface area contributed by atoms with Crippen LogP contribution in [0.2, 0.25) is 0 Å². The summed E-state index contributed by atoms with van der Waals surface area (Å²) in [5.74, 6) is 5.64. The van der Waals surface area contributed by atoms with Gasteiger partial charge in [-0.15, -0.1) is 11.3 Å². The predicted octanol–water partition coefficient (Wildman–Crippen LogP) is 2.48. The lowest BCUT2D eigenvalue weighted by atomic mass is 10.1. The largest absolute Gasteiger partial charge is 0.320 e. The van der Waals surface area contributed by atoms with E-state index in [0.717, 1.165) is 10.4 Å². The van der Waals surface area contributed by atoms with Gasteiger partial charge in [0, 0.05) is 10.4 Å². The Bertz CT molecular complexity index is 812. The highest BCUT2D eigenvalue weighted by Gasteiger charge is 2.17. The van der Waals surface area contributed by atoms with Crippen LogP contribution in [0.1, 0.15) is 16.0 Å². The SMILES string of the molecule is Cc1ccc(NS(=O)(=O)c2ccc(C)s2)c(C#CCN)c1. The number of hydrogen-bond donors (Lipinski definition) is 2. The number of sulfonamides is 1. The summed E-state index contributed by atoms with van der Waals surface area (Å²) in [7, 11) is -3.58. The highest BCUT2D eigenvalue weighted by Crippen LogP contribution is 2.25. The number of nitrogens with two attached hydrogens (primary N) is 1. The monoisotopic (exact) mass is 320 g/mol. The molecule has 1 aromatic carbocycles. The molecule has 2 aromatic rings. The van der Waals surface area contributed by atoms with Crippen molar-refractivity contribution in [1.29, 1.82) is 0 Å². The maximum Gasteiger partial charge on any atom is 0.271 e. The fourth-order valence-electron chi connectivity index (χ4n) is 1.75. The van der Waals surface area contributed by atoms with Crippen molar-refractivity contribution >= 4 is 27.0 Å². The van der Waals surface area contributed by atoms with Crippen molar-refractivity contribution in [3.8, 4) is 11.8 Å². The molecule has 0 saturated heterocycles. The van der Waals surface area contributed by atoms with Gasteiger partial charge >= 0.3 is 0 Å². The van der Waals surface area contributed by atoms with Crippen molar-refractivity contribution in [3.05, 3.63) is 46.3 Å². The Labute approximate surface area is 129 Å². The van der Waals surface area contributed by atoms with Gasteiger partial charge in [-0.2, -0.15) is 0 Å². The van der Waals surface area contributed by atoms with E-state index in [9.17, 15) is 8.42 Å². The summed E-state index contributed by atoms with van der Waals surface area (Å²) < 4.78 is 27.6. The molecular formula is C15H16N2O2S2. The second-order valence-electron chi connectivity index (χ2n) is 4.53. The van der Waals surface area contributed by atoms with E-state index in [1.807, 2.05) is 26.0 Å². The Morgan fingerprint density at radius 2 is 2.00 bits per heavy atom. The van der Waals surface area contributed by atoms with Crippen LogP contribution in [0.25, 0.3) is 0 Å².